The van der Waals surface area contributed by atoms with Crippen molar-refractivity contribution in [2.24, 2.45) is 0 Å². The topological polar surface area (TPSA) is 59.1 Å². The second-order valence-electron chi connectivity index (χ2n) is 6.50. The second kappa shape index (κ2) is 8.58. The monoisotopic (exact) mass is 368 g/mol. The summed E-state index contributed by atoms with van der Waals surface area (Å²) in [6.07, 6.45) is 0. The molecule has 6 heteroatoms. The molecule has 27 heavy (non-hydrogen) atoms. The molecule has 3 rings (SSSR count). The molecule has 0 aliphatic carbocycles. The Morgan fingerprint density at radius 2 is 1.41 bits per heavy atom. The highest BCUT2D eigenvalue weighted by atomic mass is 16.5. The minimum Gasteiger partial charge on any atom is -0.497 e. The molecule has 0 N–H and O–H groups in total. The van der Waals surface area contributed by atoms with Gasteiger partial charge in [0.05, 0.1) is 7.11 Å². The lowest BCUT2D eigenvalue weighted by molar-refractivity contribution is -0.134. The fourth-order valence-electron chi connectivity index (χ4n) is 2.95. The molecule has 2 amide bonds. The van der Waals surface area contributed by atoms with Crippen LogP contribution >= 0.6 is 0 Å². The van der Waals surface area contributed by atoms with Crippen molar-refractivity contribution in [1.82, 2.24) is 9.80 Å². The van der Waals surface area contributed by atoms with Crippen molar-refractivity contribution in [2.45, 2.75) is 6.92 Å². The van der Waals surface area contributed by atoms with E-state index in [1.807, 2.05) is 31.2 Å². The SMILES string of the molecule is COc1ccc(C(=O)N2CCN(C(=O)COc3ccc(C)cc3)CC2)cc1. The van der Waals surface area contributed by atoms with Crippen LogP contribution in [0.5, 0.6) is 11.5 Å². The first-order chi connectivity index (χ1) is 13.1. The van der Waals surface area contributed by atoms with Crippen molar-refractivity contribution in [2.75, 3.05) is 39.9 Å². The Balaban J connectivity index is 1.48. The highest BCUT2D eigenvalue weighted by Crippen LogP contribution is 2.15. The van der Waals surface area contributed by atoms with Gasteiger partial charge in [0.2, 0.25) is 0 Å². The van der Waals surface area contributed by atoms with E-state index in [4.69, 9.17) is 9.47 Å². The number of piperazine rings is 1. The summed E-state index contributed by atoms with van der Waals surface area (Å²) < 4.78 is 10.7. The zero-order chi connectivity index (χ0) is 19.2. The molecule has 0 saturated carbocycles. The lowest BCUT2D eigenvalue weighted by Gasteiger charge is -2.34. The van der Waals surface area contributed by atoms with Crippen LogP contribution in [0.4, 0.5) is 0 Å². The molecule has 6 nitrogen and oxygen atoms in total. The van der Waals surface area contributed by atoms with Crippen LogP contribution in [0.3, 0.4) is 0 Å². The first-order valence-electron chi connectivity index (χ1n) is 8.97. The molecular formula is C21H24N2O4. The molecule has 1 heterocycles. The van der Waals surface area contributed by atoms with Crippen molar-refractivity contribution in [3.8, 4) is 11.5 Å². The van der Waals surface area contributed by atoms with Gasteiger partial charge in [-0.2, -0.15) is 0 Å². The van der Waals surface area contributed by atoms with Gasteiger partial charge in [-0.05, 0) is 43.3 Å². The number of carbonyl (C=O) groups is 2. The van der Waals surface area contributed by atoms with Gasteiger partial charge >= 0.3 is 0 Å². The molecule has 1 saturated heterocycles. The summed E-state index contributed by atoms with van der Waals surface area (Å²) in [4.78, 5) is 28.4. The maximum Gasteiger partial charge on any atom is 0.260 e. The van der Waals surface area contributed by atoms with E-state index in [2.05, 4.69) is 0 Å². The van der Waals surface area contributed by atoms with Crippen molar-refractivity contribution in [3.05, 3.63) is 59.7 Å². The fourth-order valence-corrected chi connectivity index (χ4v) is 2.95. The smallest absolute Gasteiger partial charge is 0.260 e. The zero-order valence-corrected chi connectivity index (χ0v) is 15.7. The lowest BCUT2D eigenvalue weighted by Crippen LogP contribution is -2.51. The molecule has 0 aromatic heterocycles. The summed E-state index contributed by atoms with van der Waals surface area (Å²) in [5, 5.41) is 0. The molecule has 1 fully saturated rings. The molecule has 2 aromatic rings. The van der Waals surface area contributed by atoms with E-state index in [9.17, 15) is 9.59 Å². The summed E-state index contributed by atoms with van der Waals surface area (Å²) >= 11 is 0. The highest BCUT2D eigenvalue weighted by molar-refractivity contribution is 5.94. The highest BCUT2D eigenvalue weighted by Gasteiger charge is 2.25. The Morgan fingerprint density at radius 1 is 0.852 bits per heavy atom. The van der Waals surface area contributed by atoms with Gasteiger partial charge in [0.25, 0.3) is 11.8 Å². The number of rotatable bonds is 5. The Labute approximate surface area is 159 Å². The Bertz CT molecular complexity index is 779. The maximum atomic E-state index is 12.6. The van der Waals surface area contributed by atoms with Crippen LogP contribution in [0.2, 0.25) is 0 Å². The average Bonchev–Trinajstić information content (AvgIpc) is 2.73. The molecule has 0 bridgehead atoms. The Hall–Kier alpha value is -3.02. The molecule has 1 aliphatic heterocycles. The molecule has 1 aliphatic rings. The van der Waals surface area contributed by atoms with Gasteiger partial charge in [-0.3, -0.25) is 9.59 Å². The van der Waals surface area contributed by atoms with Crippen LogP contribution in [0.15, 0.2) is 48.5 Å². The molecule has 2 aromatic carbocycles. The van der Waals surface area contributed by atoms with Crippen molar-refractivity contribution in [3.63, 3.8) is 0 Å². The maximum absolute atomic E-state index is 12.6. The number of amides is 2. The summed E-state index contributed by atoms with van der Waals surface area (Å²) in [7, 11) is 1.59. The Kier molecular flexibility index (Phi) is 5.96. The quantitative estimate of drug-likeness (QED) is 0.813. The van der Waals surface area contributed by atoms with E-state index in [0.717, 1.165) is 11.3 Å². The standard InChI is InChI=1S/C21H24N2O4/c1-16-3-7-19(8-4-16)27-15-20(24)22-11-13-23(14-12-22)21(25)17-5-9-18(26-2)10-6-17/h3-10H,11-15H2,1-2H3. The van der Waals surface area contributed by atoms with Gasteiger partial charge in [0, 0.05) is 31.7 Å². The third kappa shape index (κ3) is 4.78. The summed E-state index contributed by atoms with van der Waals surface area (Å²) in [5.41, 5.74) is 1.77. The number of carbonyl (C=O) groups excluding carboxylic acids is 2. The normalized spacial score (nSPS) is 14.0. The first kappa shape index (κ1) is 18.8. The fraction of sp³-hybridized carbons (Fsp3) is 0.333. The van der Waals surface area contributed by atoms with Crippen molar-refractivity contribution < 1.29 is 19.1 Å². The van der Waals surface area contributed by atoms with E-state index in [-0.39, 0.29) is 18.4 Å². The average molecular weight is 368 g/mol. The van der Waals surface area contributed by atoms with Gasteiger partial charge in [-0.15, -0.1) is 0 Å². The molecule has 0 spiro atoms. The minimum absolute atomic E-state index is 0.00941. The van der Waals surface area contributed by atoms with Crippen LogP contribution < -0.4 is 9.47 Å². The summed E-state index contributed by atoms with van der Waals surface area (Å²) in [6, 6.07) is 14.7. The van der Waals surface area contributed by atoms with Crippen LogP contribution in [0.1, 0.15) is 15.9 Å². The third-order valence-electron chi connectivity index (χ3n) is 4.64. The van der Waals surface area contributed by atoms with E-state index in [1.54, 1.807) is 41.2 Å². The van der Waals surface area contributed by atoms with Gasteiger partial charge in [0.1, 0.15) is 11.5 Å². The van der Waals surface area contributed by atoms with Gasteiger partial charge in [-0.25, -0.2) is 0 Å². The van der Waals surface area contributed by atoms with E-state index in [0.29, 0.717) is 37.5 Å². The summed E-state index contributed by atoms with van der Waals surface area (Å²) in [5.74, 6) is 1.31. The number of aryl methyl sites for hydroxylation is 1. The number of benzene rings is 2. The molecule has 0 atom stereocenters. The van der Waals surface area contributed by atoms with Crippen LogP contribution in [0.25, 0.3) is 0 Å². The predicted octanol–water partition coefficient (Wildman–Crippen LogP) is 2.37. The van der Waals surface area contributed by atoms with Crippen LogP contribution in [-0.2, 0) is 4.79 Å². The third-order valence-corrected chi connectivity index (χ3v) is 4.64. The number of hydrogen-bond donors (Lipinski definition) is 0. The largest absolute Gasteiger partial charge is 0.497 e. The molecule has 0 radical (unpaired) electrons. The Morgan fingerprint density at radius 3 is 2.00 bits per heavy atom. The second-order valence-corrected chi connectivity index (χ2v) is 6.50. The van der Waals surface area contributed by atoms with Crippen LogP contribution in [-0.4, -0.2) is 61.5 Å². The summed E-state index contributed by atoms with van der Waals surface area (Å²) in [6.45, 7) is 4.06. The van der Waals surface area contributed by atoms with Gasteiger partial charge in [-0.1, -0.05) is 17.7 Å². The van der Waals surface area contributed by atoms with E-state index in [1.165, 1.54) is 0 Å². The van der Waals surface area contributed by atoms with Crippen molar-refractivity contribution >= 4 is 11.8 Å². The van der Waals surface area contributed by atoms with E-state index >= 15 is 0 Å². The predicted molar refractivity (Wildman–Crippen MR) is 102 cm³/mol. The number of methoxy groups -OCH3 is 1. The molecule has 142 valence electrons. The first-order valence-corrected chi connectivity index (χ1v) is 8.97. The lowest BCUT2D eigenvalue weighted by atomic mass is 10.1. The minimum atomic E-state index is -0.0629. The van der Waals surface area contributed by atoms with Crippen LogP contribution in [0, 0.1) is 6.92 Å². The van der Waals surface area contributed by atoms with Crippen molar-refractivity contribution in [1.29, 1.82) is 0 Å². The number of hydrogen-bond acceptors (Lipinski definition) is 4. The van der Waals surface area contributed by atoms with Gasteiger partial charge < -0.3 is 19.3 Å². The zero-order valence-electron chi connectivity index (χ0n) is 15.7. The number of nitrogens with zero attached hydrogens (tertiary/aromatic N) is 2. The van der Waals surface area contributed by atoms with Gasteiger partial charge in [0.15, 0.2) is 6.61 Å². The number of ether oxygens (including phenoxy) is 2. The molecule has 0 unspecified atom stereocenters. The molecular weight excluding hydrogens is 344 g/mol. The van der Waals surface area contributed by atoms with E-state index < -0.39 is 0 Å².